The van der Waals surface area contributed by atoms with Crippen molar-refractivity contribution in [3.63, 3.8) is 0 Å². The van der Waals surface area contributed by atoms with Crippen molar-refractivity contribution in [3.05, 3.63) is 66.0 Å². The third-order valence-electron chi connectivity index (χ3n) is 5.73. The lowest BCUT2D eigenvalue weighted by molar-refractivity contribution is 0.346. The molecule has 34 heavy (non-hydrogen) atoms. The number of fused-ring (bicyclic) bond motifs is 1. The second-order valence-electron chi connectivity index (χ2n) is 8.11. The highest BCUT2D eigenvalue weighted by Crippen LogP contribution is 2.24. The Morgan fingerprint density at radius 3 is 2.38 bits per heavy atom. The molecule has 0 spiro atoms. The molecule has 4 aromatic rings. The van der Waals surface area contributed by atoms with Crippen molar-refractivity contribution in [2.45, 2.75) is 24.2 Å². The van der Waals surface area contributed by atoms with Gasteiger partial charge in [-0.3, -0.25) is 0 Å². The molecular formula is C24H24N6O3S. The van der Waals surface area contributed by atoms with Gasteiger partial charge in [0.2, 0.25) is 16.0 Å². The molecule has 9 nitrogen and oxygen atoms in total. The minimum absolute atomic E-state index is 0.299. The zero-order valence-corrected chi connectivity index (χ0v) is 19.2. The zero-order chi connectivity index (χ0) is 23.5. The lowest BCUT2D eigenvalue weighted by Crippen LogP contribution is -2.35. The van der Waals surface area contributed by atoms with Crippen molar-refractivity contribution in [1.29, 1.82) is 0 Å². The SMILES string of the molecule is Nc1noc2cc(C=Cc3cnc(Nc4ccc(S(=O)(=O)N5CCCCC5)cc4)nc3)ccc12. The summed E-state index contributed by atoms with van der Waals surface area (Å²) in [7, 11) is -3.45. The van der Waals surface area contributed by atoms with E-state index >= 15 is 0 Å². The first-order valence-electron chi connectivity index (χ1n) is 11.0. The van der Waals surface area contributed by atoms with Gasteiger partial charge < -0.3 is 15.6 Å². The molecule has 1 aliphatic heterocycles. The van der Waals surface area contributed by atoms with Gasteiger partial charge in [-0.1, -0.05) is 29.8 Å². The average molecular weight is 477 g/mol. The van der Waals surface area contributed by atoms with Gasteiger partial charge in [-0.05, 0) is 54.8 Å². The number of benzene rings is 2. The molecule has 0 saturated carbocycles. The third-order valence-corrected chi connectivity index (χ3v) is 7.64. The molecule has 1 aliphatic rings. The zero-order valence-electron chi connectivity index (χ0n) is 18.4. The highest BCUT2D eigenvalue weighted by Gasteiger charge is 2.25. The molecule has 0 amide bonds. The maximum absolute atomic E-state index is 12.8. The normalized spacial score (nSPS) is 15.2. The van der Waals surface area contributed by atoms with Gasteiger partial charge in [-0.25, -0.2) is 18.4 Å². The Morgan fingerprint density at radius 2 is 1.65 bits per heavy atom. The van der Waals surface area contributed by atoms with Crippen molar-refractivity contribution in [2.75, 3.05) is 24.1 Å². The number of nitrogens with one attached hydrogen (secondary N) is 1. The maximum atomic E-state index is 12.8. The quantitative estimate of drug-likeness (QED) is 0.422. The minimum Gasteiger partial charge on any atom is -0.380 e. The van der Waals surface area contributed by atoms with E-state index < -0.39 is 10.0 Å². The summed E-state index contributed by atoms with van der Waals surface area (Å²) < 4.78 is 32.3. The topological polar surface area (TPSA) is 127 Å². The van der Waals surface area contributed by atoms with Crippen LogP contribution in [0, 0.1) is 0 Å². The number of anilines is 3. The third kappa shape index (κ3) is 4.63. The number of sulfonamides is 1. The second-order valence-corrected chi connectivity index (χ2v) is 10.0. The molecular weight excluding hydrogens is 452 g/mol. The number of hydrogen-bond donors (Lipinski definition) is 2. The average Bonchev–Trinajstić information content (AvgIpc) is 3.24. The largest absolute Gasteiger partial charge is 0.380 e. The number of nitrogens with two attached hydrogens (primary N) is 1. The summed E-state index contributed by atoms with van der Waals surface area (Å²) in [4.78, 5) is 8.98. The van der Waals surface area contributed by atoms with Gasteiger partial charge in [0.05, 0.1) is 10.3 Å². The van der Waals surface area contributed by atoms with Crippen LogP contribution in [-0.2, 0) is 10.0 Å². The summed E-state index contributed by atoms with van der Waals surface area (Å²) in [6, 6.07) is 12.3. The van der Waals surface area contributed by atoms with Crippen LogP contribution in [0.1, 0.15) is 30.4 Å². The number of nitrogen functional groups attached to an aromatic ring is 1. The van der Waals surface area contributed by atoms with E-state index in [1.165, 1.54) is 0 Å². The van der Waals surface area contributed by atoms with Gasteiger partial charge >= 0.3 is 0 Å². The predicted molar refractivity (Wildman–Crippen MR) is 132 cm³/mol. The Hall–Kier alpha value is -3.76. The van der Waals surface area contributed by atoms with E-state index in [0.717, 1.165) is 35.8 Å². The first-order chi connectivity index (χ1) is 16.5. The number of hydrogen-bond acceptors (Lipinski definition) is 8. The van der Waals surface area contributed by atoms with Crippen LogP contribution < -0.4 is 11.1 Å². The lowest BCUT2D eigenvalue weighted by Gasteiger charge is -2.25. The van der Waals surface area contributed by atoms with Crippen LogP contribution >= 0.6 is 0 Å². The van der Waals surface area contributed by atoms with Crippen molar-refractivity contribution >= 4 is 50.6 Å². The van der Waals surface area contributed by atoms with Crippen molar-refractivity contribution in [3.8, 4) is 0 Å². The number of nitrogens with zero attached hydrogens (tertiary/aromatic N) is 4. The van der Waals surface area contributed by atoms with Crippen LogP contribution in [0.15, 0.2) is 64.3 Å². The molecule has 0 bridgehead atoms. The van der Waals surface area contributed by atoms with E-state index in [0.29, 0.717) is 41.0 Å². The molecule has 3 N–H and O–H groups in total. The molecule has 0 unspecified atom stereocenters. The van der Waals surface area contributed by atoms with Gasteiger partial charge in [0.25, 0.3) is 0 Å². The van der Waals surface area contributed by atoms with E-state index in [1.807, 2.05) is 30.4 Å². The van der Waals surface area contributed by atoms with Crippen LogP contribution in [0.2, 0.25) is 0 Å². The summed E-state index contributed by atoms with van der Waals surface area (Å²) >= 11 is 0. The smallest absolute Gasteiger partial charge is 0.243 e. The Morgan fingerprint density at radius 1 is 0.941 bits per heavy atom. The van der Waals surface area contributed by atoms with Crippen LogP contribution in [-0.4, -0.2) is 40.9 Å². The molecule has 1 saturated heterocycles. The Balaban J connectivity index is 1.23. The molecule has 2 aromatic heterocycles. The van der Waals surface area contributed by atoms with E-state index in [-0.39, 0.29) is 0 Å². The van der Waals surface area contributed by atoms with Crippen LogP contribution in [0.3, 0.4) is 0 Å². The Labute approximate surface area is 197 Å². The fraction of sp³-hybridized carbons (Fsp3) is 0.208. The number of rotatable bonds is 6. The molecule has 1 fully saturated rings. The lowest BCUT2D eigenvalue weighted by atomic mass is 10.1. The van der Waals surface area contributed by atoms with Crippen LogP contribution in [0.25, 0.3) is 23.1 Å². The Kier molecular flexibility index (Phi) is 5.99. The summed E-state index contributed by atoms with van der Waals surface area (Å²) in [5.41, 5.74) is 8.84. The summed E-state index contributed by atoms with van der Waals surface area (Å²) in [5, 5.41) is 7.64. The van der Waals surface area contributed by atoms with Gasteiger partial charge in [-0.2, -0.15) is 4.31 Å². The van der Waals surface area contributed by atoms with Crippen LogP contribution in [0.4, 0.5) is 17.5 Å². The standard InChI is InChI=1S/C24H24N6O3S/c25-23-21-11-6-17(14-22(21)33-29-23)4-5-18-15-26-24(27-16-18)28-19-7-9-20(10-8-19)34(31,32)30-12-2-1-3-13-30/h4-11,14-16H,1-3,12-13H2,(H2,25,29)(H,26,27,28). The van der Waals surface area contributed by atoms with Gasteiger partial charge in [0.1, 0.15) is 0 Å². The highest BCUT2D eigenvalue weighted by atomic mass is 32.2. The van der Waals surface area contributed by atoms with Gasteiger partial charge in [0, 0.05) is 36.7 Å². The van der Waals surface area contributed by atoms with Crippen molar-refractivity contribution < 1.29 is 12.9 Å². The summed E-state index contributed by atoms with van der Waals surface area (Å²) in [6.07, 6.45) is 10.1. The monoisotopic (exact) mass is 476 g/mol. The molecule has 5 rings (SSSR count). The maximum Gasteiger partial charge on any atom is 0.243 e. The van der Waals surface area contributed by atoms with E-state index in [9.17, 15) is 8.42 Å². The molecule has 0 radical (unpaired) electrons. The predicted octanol–water partition coefficient (Wildman–Crippen LogP) is 4.29. The van der Waals surface area contributed by atoms with E-state index in [4.69, 9.17) is 10.3 Å². The summed E-state index contributed by atoms with van der Waals surface area (Å²) in [6.45, 7) is 1.17. The minimum atomic E-state index is -3.45. The first-order valence-corrected chi connectivity index (χ1v) is 12.5. The molecule has 0 atom stereocenters. The summed E-state index contributed by atoms with van der Waals surface area (Å²) in [5.74, 6) is 0.794. The second kappa shape index (κ2) is 9.24. The highest BCUT2D eigenvalue weighted by molar-refractivity contribution is 7.89. The van der Waals surface area contributed by atoms with Crippen LogP contribution in [0.5, 0.6) is 0 Å². The molecule has 2 aromatic carbocycles. The van der Waals surface area contributed by atoms with Crippen molar-refractivity contribution in [1.82, 2.24) is 19.4 Å². The van der Waals surface area contributed by atoms with Gasteiger partial charge in [0.15, 0.2) is 11.4 Å². The molecule has 3 heterocycles. The number of piperidine rings is 1. The molecule has 174 valence electrons. The van der Waals surface area contributed by atoms with E-state index in [1.54, 1.807) is 41.0 Å². The Bertz CT molecular complexity index is 1420. The first kappa shape index (κ1) is 22.1. The van der Waals surface area contributed by atoms with Gasteiger partial charge in [-0.15, -0.1) is 0 Å². The van der Waals surface area contributed by atoms with E-state index in [2.05, 4.69) is 20.4 Å². The van der Waals surface area contributed by atoms with Crippen molar-refractivity contribution in [2.24, 2.45) is 0 Å². The molecule has 0 aliphatic carbocycles. The number of aromatic nitrogens is 3. The fourth-order valence-corrected chi connectivity index (χ4v) is 5.37. The molecule has 10 heteroatoms. The fourth-order valence-electron chi connectivity index (χ4n) is 3.85.